The van der Waals surface area contributed by atoms with Gasteiger partial charge in [0.2, 0.25) is 0 Å². The molecule has 0 saturated carbocycles. The molecular formula is C16H10BO3. The highest BCUT2D eigenvalue weighted by Gasteiger charge is 2.13. The van der Waals surface area contributed by atoms with Crippen molar-refractivity contribution in [3.8, 4) is 5.75 Å². The summed E-state index contributed by atoms with van der Waals surface area (Å²) in [6, 6.07) is 17.9. The lowest BCUT2D eigenvalue weighted by molar-refractivity contribution is 0.451. The number of hydrogen-bond donors (Lipinski definition) is 1. The molecule has 4 rings (SSSR count). The molecule has 0 aliphatic rings. The molecule has 0 aliphatic carbocycles. The highest BCUT2D eigenvalue weighted by Crippen LogP contribution is 2.37. The summed E-state index contributed by atoms with van der Waals surface area (Å²) in [5.74, 6) is 0.505. The van der Waals surface area contributed by atoms with Crippen molar-refractivity contribution in [2.24, 2.45) is 0 Å². The molecule has 0 unspecified atom stereocenters. The third kappa shape index (κ3) is 1.52. The standard InChI is InChI=1S/C16H10BO3/c18-17-20-14-7-3-6-12-13-9-8-10-4-1-2-5-11(10)15(13)19-16(12)14/h1-9,18H. The number of hydrogen-bond acceptors (Lipinski definition) is 3. The normalized spacial score (nSPS) is 11.2. The topological polar surface area (TPSA) is 42.6 Å². The van der Waals surface area contributed by atoms with Crippen LogP contribution in [0.4, 0.5) is 0 Å². The second kappa shape index (κ2) is 4.29. The van der Waals surface area contributed by atoms with Crippen LogP contribution < -0.4 is 4.65 Å². The first kappa shape index (κ1) is 11.4. The van der Waals surface area contributed by atoms with Crippen LogP contribution in [0.5, 0.6) is 5.75 Å². The Morgan fingerprint density at radius 2 is 1.60 bits per heavy atom. The first-order chi connectivity index (χ1) is 9.88. The fourth-order valence-corrected chi connectivity index (χ4v) is 2.65. The van der Waals surface area contributed by atoms with Gasteiger partial charge < -0.3 is 14.1 Å². The van der Waals surface area contributed by atoms with Crippen molar-refractivity contribution in [3.05, 3.63) is 54.6 Å². The average Bonchev–Trinajstić information content (AvgIpc) is 2.88. The van der Waals surface area contributed by atoms with E-state index in [0.717, 1.165) is 27.1 Å². The van der Waals surface area contributed by atoms with Crippen molar-refractivity contribution in [3.63, 3.8) is 0 Å². The van der Waals surface area contributed by atoms with E-state index in [1.165, 1.54) is 0 Å². The monoisotopic (exact) mass is 261 g/mol. The molecule has 1 aromatic heterocycles. The summed E-state index contributed by atoms with van der Waals surface area (Å²) in [4.78, 5) is 0. The highest BCUT2D eigenvalue weighted by atomic mass is 16.5. The molecule has 95 valence electrons. The second-order valence-corrected chi connectivity index (χ2v) is 4.62. The van der Waals surface area contributed by atoms with E-state index in [9.17, 15) is 0 Å². The zero-order chi connectivity index (χ0) is 13.5. The van der Waals surface area contributed by atoms with Crippen LogP contribution in [0.15, 0.2) is 59.0 Å². The molecule has 4 heteroatoms. The number of para-hydroxylation sites is 1. The molecule has 0 fully saturated rings. The van der Waals surface area contributed by atoms with E-state index in [1.54, 1.807) is 6.07 Å². The number of fused-ring (bicyclic) bond motifs is 5. The van der Waals surface area contributed by atoms with E-state index in [0.29, 0.717) is 19.0 Å². The van der Waals surface area contributed by atoms with Gasteiger partial charge in [-0.25, -0.2) is 0 Å². The molecule has 3 aromatic carbocycles. The van der Waals surface area contributed by atoms with Gasteiger partial charge in [0.15, 0.2) is 5.58 Å². The maximum absolute atomic E-state index is 8.84. The van der Waals surface area contributed by atoms with Gasteiger partial charge in [-0.1, -0.05) is 42.5 Å². The van der Waals surface area contributed by atoms with Gasteiger partial charge in [-0.05, 0) is 17.5 Å². The quantitative estimate of drug-likeness (QED) is 0.560. The summed E-state index contributed by atoms with van der Waals surface area (Å²) in [5, 5.41) is 13.1. The van der Waals surface area contributed by atoms with Crippen LogP contribution in [0.3, 0.4) is 0 Å². The molecule has 0 amide bonds. The maximum Gasteiger partial charge on any atom is 0.569 e. The molecule has 0 bridgehead atoms. The van der Waals surface area contributed by atoms with Crippen molar-refractivity contribution in [1.29, 1.82) is 0 Å². The molecule has 1 radical (unpaired) electrons. The Balaban J connectivity index is 2.18. The van der Waals surface area contributed by atoms with Crippen molar-refractivity contribution in [1.82, 2.24) is 0 Å². The first-order valence-corrected chi connectivity index (χ1v) is 6.34. The van der Waals surface area contributed by atoms with Crippen LogP contribution in [0.2, 0.25) is 0 Å². The van der Waals surface area contributed by atoms with Gasteiger partial charge in [0.05, 0.1) is 0 Å². The molecule has 0 atom stereocenters. The van der Waals surface area contributed by atoms with Gasteiger partial charge in [-0.3, -0.25) is 0 Å². The van der Waals surface area contributed by atoms with Gasteiger partial charge in [0, 0.05) is 16.2 Å². The summed E-state index contributed by atoms with van der Waals surface area (Å²) in [6.45, 7) is 0. The summed E-state index contributed by atoms with van der Waals surface area (Å²) < 4.78 is 11.1. The summed E-state index contributed by atoms with van der Waals surface area (Å²) in [5.41, 5.74) is 1.48. The smallest absolute Gasteiger partial charge is 0.535 e. The van der Waals surface area contributed by atoms with E-state index in [-0.39, 0.29) is 0 Å². The second-order valence-electron chi connectivity index (χ2n) is 4.62. The number of rotatable bonds is 2. The van der Waals surface area contributed by atoms with Crippen LogP contribution in [-0.4, -0.2) is 12.7 Å². The third-order valence-electron chi connectivity index (χ3n) is 3.53. The fourth-order valence-electron chi connectivity index (χ4n) is 2.65. The van der Waals surface area contributed by atoms with Gasteiger partial charge in [0.1, 0.15) is 11.3 Å². The lowest BCUT2D eigenvalue weighted by atomic mass is 10.1. The largest absolute Gasteiger partial charge is 0.569 e. The van der Waals surface area contributed by atoms with Gasteiger partial charge in [0.25, 0.3) is 0 Å². The molecule has 0 saturated heterocycles. The van der Waals surface area contributed by atoms with Crippen LogP contribution in [0.1, 0.15) is 0 Å². The predicted octanol–water partition coefficient (Wildman–Crippen LogP) is 3.64. The molecule has 4 aromatic rings. The Morgan fingerprint density at radius 3 is 2.50 bits per heavy atom. The van der Waals surface area contributed by atoms with E-state index in [1.807, 2.05) is 30.3 Å². The fraction of sp³-hybridized carbons (Fsp3) is 0. The Hall–Kier alpha value is -2.46. The van der Waals surface area contributed by atoms with Crippen LogP contribution in [0.25, 0.3) is 32.7 Å². The van der Waals surface area contributed by atoms with E-state index < -0.39 is 0 Å². The molecular weight excluding hydrogens is 251 g/mol. The molecule has 1 N–H and O–H groups in total. The summed E-state index contributed by atoms with van der Waals surface area (Å²) in [6.07, 6.45) is 0. The Kier molecular flexibility index (Phi) is 2.44. The molecule has 20 heavy (non-hydrogen) atoms. The van der Waals surface area contributed by atoms with Crippen molar-refractivity contribution >= 4 is 40.4 Å². The van der Waals surface area contributed by atoms with Crippen molar-refractivity contribution in [2.45, 2.75) is 0 Å². The van der Waals surface area contributed by atoms with E-state index in [2.05, 4.69) is 18.2 Å². The Morgan fingerprint density at radius 1 is 0.800 bits per heavy atom. The molecule has 1 heterocycles. The molecule has 0 aliphatic heterocycles. The average molecular weight is 261 g/mol. The minimum Gasteiger partial charge on any atom is -0.535 e. The third-order valence-corrected chi connectivity index (χ3v) is 3.53. The lowest BCUT2D eigenvalue weighted by Crippen LogP contribution is -1.99. The van der Waals surface area contributed by atoms with E-state index in [4.69, 9.17) is 14.1 Å². The summed E-state index contributed by atoms with van der Waals surface area (Å²) >= 11 is 0. The zero-order valence-electron chi connectivity index (χ0n) is 10.5. The molecule has 3 nitrogen and oxygen atoms in total. The lowest BCUT2D eigenvalue weighted by Gasteiger charge is -2.00. The van der Waals surface area contributed by atoms with Crippen LogP contribution in [0, 0.1) is 0 Å². The van der Waals surface area contributed by atoms with E-state index >= 15 is 0 Å². The summed E-state index contributed by atoms with van der Waals surface area (Å²) in [7, 11) is 0.667. The SMILES string of the molecule is O[B]Oc1cccc2c1oc1c3ccccc3ccc21. The zero-order valence-corrected chi connectivity index (χ0v) is 10.5. The number of furan rings is 1. The van der Waals surface area contributed by atoms with Gasteiger partial charge in [-0.2, -0.15) is 0 Å². The molecule has 0 spiro atoms. The van der Waals surface area contributed by atoms with Gasteiger partial charge in [-0.15, -0.1) is 0 Å². The Bertz CT molecular complexity index is 927. The minimum absolute atomic E-state index is 0.505. The Labute approximate surface area is 115 Å². The highest BCUT2D eigenvalue weighted by molar-refractivity contribution is 6.19. The van der Waals surface area contributed by atoms with Crippen LogP contribution >= 0.6 is 0 Å². The van der Waals surface area contributed by atoms with Crippen molar-refractivity contribution in [2.75, 3.05) is 0 Å². The maximum atomic E-state index is 8.84. The predicted molar refractivity (Wildman–Crippen MR) is 79.8 cm³/mol. The first-order valence-electron chi connectivity index (χ1n) is 6.34. The minimum atomic E-state index is 0.505. The number of benzene rings is 3. The van der Waals surface area contributed by atoms with Gasteiger partial charge >= 0.3 is 7.69 Å². The van der Waals surface area contributed by atoms with Crippen LogP contribution in [-0.2, 0) is 0 Å². The van der Waals surface area contributed by atoms with Crippen molar-refractivity contribution < 1.29 is 14.1 Å².